The molecule has 2 aromatic rings. The lowest BCUT2D eigenvalue weighted by molar-refractivity contribution is 0.402. The first kappa shape index (κ1) is 17.0. The number of fused-ring (bicyclic) bond motifs is 1. The second kappa shape index (κ2) is 7.40. The number of hydrogen-bond acceptors (Lipinski definition) is 4. The molecule has 1 aromatic carbocycles. The standard InChI is InChI=1S/C18H23N3O2S/c1-20(2)11-14-5-3-13(4-6-14)7-9-21-16-8-10-24-12-15(16)17(22)19-18(21)23/h3-6H,7-12H2,1-2H3,(H,19,22,23). The van der Waals surface area contributed by atoms with Crippen LogP contribution in [0, 0.1) is 0 Å². The van der Waals surface area contributed by atoms with Crippen LogP contribution >= 0.6 is 11.8 Å². The van der Waals surface area contributed by atoms with Crippen molar-refractivity contribution >= 4 is 11.8 Å². The molecule has 0 unspecified atom stereocenters. The Morgan fingerprint density at radius 1 is 1.17 bits per heavy atom. The number of benzene rings is 1. The monoisotopic (exact) mass is 345 g/mol. The minimum absolute atomic E-state index is 0.216. The molecule has 0 spiro atoms. The van der Waals surface area contributed by atoms with E-state index in [1.807, 2.05) is 0 Å². The number of nitrogens with zero attached hydrogens (tertiary/aromatic N) is 2. The quantitative estimate of drug-likeness (QED) is 0.895. The fourth-order valence-electron chi connectivity index (χ4n) is 3.09. The Morgan fingerprint density at radius 2 is 1.88 bits per heavy atom. The minimum Gasteiger partial charge on any atom is -0.305 e. The van der Waals surface area contributed by atoms with E-state index < -0.39 is 0 Å². The SMILES string of the molecule is CN(C)Cc1ccc(CCn2c3c(c(=O)[nH]c2=O)CSCC3)cc1. The van der Waals surface area contributed by atoms with Crippen molar-refractivity contribution < 1.29 is 0 Å². The van der Waals surface area contributed by atoms with Crippen LogP contribution in [0.4, 0.5) is 0 Å². The molecule has 0 saturated carbocycles. The highest BCUT2D eigenvalue weighted by molar-refractivity contribution is 7.98. The molecule has 0 fully saturated rings. The molecule has 0 saturated heterocycles. The minimum atomic E-state index is -0.283. The van der Waals surface area contributed by atoms with Crippen LogP contribution < -0.4 is 11.2 Å². The average Bonchev–Trinajstić information content (AvgIpc) is 2.55. The van der Waals surface area contributed by atoms with E-state index in [1.54, 1.807) is 16.3 Å². The summed E-state index contributed by atoms with van der Waals surface area (Å²) in [6.07, 6.45) is 1.58. The Labute approximate surface area is 145 Å². The predicted octanol–water partition coefficient (Wildman–Crippen LogP) is 1.63. The molecular weight excluding hydrogens is 322 g/mol. The van der Waals surface area contributed by atoms with E-state index in [2.05, 4.69) is 48.2 Å². The molecule has 1 aliphatic heterocycles. The Kier molecular flexibility index (Phi) is 5.26. The van der Waals surface area contributed by atoms with Gasteiger partial charge in [-0.05, 0) is 43.8 Å². The van der Waals surface area contributed by atoms with Crippen molar-refractivity contribution in [2.45, 2.75) is 31.7 Å². The highest BCUT2D eigenvalue weighted by Crippen LogP contribution is 2.20. The first-order valence-electron chi connectivity index (χ1n) is 8.20. The maximum absolute atomic E-state index is 12.2. The normalized spacial score (nSPS) is 14.0. The molecule has 128 valence electrons. The predicted molar refractivity (Wildman–Crippen MR) is 98.7 cm³/mol. The fourth-order valence-corrected chi connectivity index (χ4v) is 4.07. The van der Waals surface area contributed by atoms with Crippen LogP contribution in [-0.2, 0) is 31.7 Å². The third-order valence-corrected chi connectivity index (χ3v) is 5.27. The van der Waals surface area contributed by atoms with E-state index in [4.69, 9.17) is 0 Å². The smallest absolute Gasteiger partial charge is 0.305 e. The molecule has 0 bridgehead atoms. The van der Waals surface area contributed by atoms with Gasteiger partial charge in [0.15, 0.2) is 0 Å². The summed E-state index contributed by atoms with van der Waals surface area (Å²) in [4.78, 5) is 28.8. The second-order valence-electron chi connectivity index (χ2n) is 6.44. The molecule has 5 nitrogen and oxygen atoms in total. The summed E-state index contributed by atoms with van der Waals surface area (Å²) in [6.45, 7) is 1.53. The van der Waals surface area contributed by atoms with Gasteiger partial charge in [-0.1, -0.05) is 24.3 Å². The maximum Gasteiger partial charge on any atom is 0.328 e. The third-order valence-electron chi connectivity index (χ3n) is 4.29. The first-order chi connectivity index (χ1) is 11.5. The summed E-state index contributed by atoms with van der Waals surface area (Å²) < 4.78 is 1.75. The molecule has 0 radical (unpaired) electrons. The van der Waals surface area contributed by atoms with Crippen molar-refractivity contribution in [3.05, 3.63) is 67.5 Å². The maximum atomic E-state index is 12.2. The molecule has 1 aromatic heterocycles. The van der Waals surface area contributed by atoms with Crippen LogP contribution in [0.25, 0.3) is 0 Å². The number of thioether (sulfide) groups is 1. The van der Waals surface area contributed by atoms with Gasteiger partial charge < -0.3 is 4.90 Å². The Hall–Kier alpha value is -1.79. The fraction of sp³-hybridized carbons (Fsp3) is 0.444. The van der Waals surface area contributed by atoms with Crippen molar-refractivity contribution in [3.8, 4) is 0 Å². The van der Waals surface area contributed by atoms with E-state index in [9.17, 15) is 9.59 Å². The third kappa shape index (κ3) is 3.82. The highest BCUT2D eigenvalue weighted by Gasteiger charge is 2.18. The van der Waals surface area contributed by atoms with Crippen molar-refractivity contribution in [2.24, 2.45) is 0 Å². The van der Waals surface area contributed by atoms with Crippen LogP contribution in [0.3, 0.4) is 0 Å². The van der Waals surface area contributed by atoms with Gasteiger partial charge in [0.05, 0.1) is 0 Å². The van der Waals surface area contributed by atoms with Gasteiger partial charge in [0.1, 0.15) is 0 Å². The van der Waals surface area contributed by atoms with Crippen molar-refractivity contribution in [1.29, 1.82) is 0 Å². The average molecular weight is 345 g/mol. The van der Waals surface area contributed by atoms with E-state index in [0.717, 1.165) is 36.4 Å². The van der Waals surface area contributed by atoms with Crippen LogP contribution in [0.1, 0.15) is 22.4 Å². The van der Waals surface area contributed by atoms with Gasteiger partial charge in [-0.25, -0.2) is 4.79 Å². The van der Waals surface area contributed by atoms with Crippen molar-refractivity contribution in [1.82, 2.24) is 14.5 Å². The summed E-state index contributed by atoms with van der Waals surface area (Å²) >= 11 is 1.75. The molecule has 0 aliphatic carbocycles. The Bertz CT molecular complexity index is 822. The molecule has 24 heavy (non-hydrogen) atoms. The van der Waals surface area contributed by atoms with Gasteiger partial charge >= 0.3 is 5.69 Å². The van der Waals surface area contributed by atoms with E-state index in [1.165, 1.54) is 11.1 Å². The molecule has 6 heteroatoms. The number of nitrogens with one attached hydrogen (secondary N) is 1. The summed E-state index contributed by atoms with van der Waals surface area (Å²) in [5.74, 6) is 1.67. The zero-order chi connectivity index (χ0) is 17.1. The molecule has 0 amide bonds. The van der Waals surface area contributed by atoms with E-state index in [-0.39, 0.29) is 11.2 Å². The van der Waals surface area contributed by atoms with Crippen LogP contribution in [0.15, 0.2) is 33.9 Å². The first-order valence-corrected chi connectivity index (χ1v) is 9.35. The van der Waals surface area contributed by atoms with Crippen LogP contribution in [0.2, 0.25) is 0 Å². The van der Waals surface area contributed by atoms with Gasteiger partial charge in [-0.2, -0.15) is 11.8 Å². The molecule has 1 aliphatic rings. The van der Waals surface area contributed by atoms with Gasteiger partial charge in [-0.15, -0.1) is 0 Å². The molecule has 3 rings (SSSR count). The van der Waals surface area contributed by atoms with Gasteiger partial charge in [-0.3, -0.25) is 14.3 Å². The number of aromatic amines is 1. The molecule has 2 heterocycles. The highest BCUT2D eigenvalue weighted by atomic mass is 32.2. The number of aromatic nitrogens is 2. The van der Waals surface area contributed by atoms with E-state index in [0.29, 0.717) is 12.3 Å². The largest absolute Gasteiger partial charge is 0.328 e. The molecular formula is C18H23N3O2S. The number of hydrogen-bond donors (Lipinski definition) is 1. The van der Waals surface area contributed by atoms with Gasteiger partial charge in [0.25, 0.3) is 5.56 Å². The second-order valence-corrected chi connectivity index (χ2v) is 7.55. The van der Waals surface area contributed by atoms with Crippen molar-refractivity contribution in [3.63, 3.8) is 0 Å². The summed E-state index contributed by atoms with van der Waals surface area (Å²) in [6, 6.07) is 8.52. The van der Waals surface area contributed by atoms with E-state index >= 15 is 0 Å². The zero-order valence-corrected chi connectivity index (χ0v) is 15.0. The zero-order valence-electron chi connectivity index (χ0n) is 14.2. The van der Waals surface area contributed by atoms with Gasteiger partial charge in [0.2, 0.25) is 0 Å². The Morgan fingerprint density at radius 3 is 2.58 bits per heavy atom. The lowest BCUT2D eigenvalue weighted by Crippen LogP contribution is -2.37. The van der Waals surface area contributed by atoms with Crippen molar-refractivity contribution in [2.75, 3.05) is 19.8 Å². The number of H-pyrrole nitrogens is 1. The molecule has 1 N–H and O–H groups in total. The summed E-state index contributed by atoms with van der Waals surface area (Å²) in [5.41, 5.74) is 3.68. The topological polar surface area (TPSA) is 58.1 Å². The Balaban J connectivity index is 1.77. The summed E-state index contributed by atoms with van der Waals surface area (Å²) in [5, 5.41) is 0. The van der Waals surface area contributed by atoms with Crippen LogP contribution in [0.5, 0.6) is 0 Å². The number of aryl methyl sites for hydroxylation is 1. The number of rotatable bonds is 5. The van der Waals surface area contributed by atoms with Crippen LogP contribution in [-0.4, -0.2) is 34.3 Å². The lowest BCUT2D eigenvalue weighted by atomic mass is 10.1. The van der Waals surface area contributed by atoms with Gasteiger partial charge in [0, 0.05) is 30.1 Å². The lowest BCUT2D eigenvalue weighted by Gasteiger charge is -2.19. The summed E-state index contributed by atoms with van der Waals surface area (Å²) in [7, 11) is 4.11. The molecule has 0 atom stereocenters.